The molecule has 4 aromatic rings. The molecule has 236 valence electrons. The van der Waals surface area contributed by atoms with Crippen LogP contribution in [-0.4, -0.2) is 54.5 Å². The molecule has 0 unspecified atom stereocenters. The Balaban J connectivity index is 1.20. The van der Waals surface area contributed by atoms with E-state index in [1.807, 2.05) is 24.3 Å². The number of hydrogen-bond acceptors (Lipinski definition) is 8. The second kappa shape index (κ2) is 14.6. The van der Waals surface area contributed by atoms with Gasteiger partial charge in [-0.25, -0.2) is 9.97 Å². The Hall–Kier alpha value is -3.64. The van der Waals surface area contributed by atoms with Gasteiger partial charge in [-0.3, -0.25) is 28.3 Å². The first-order valence-corrected chi connectivity index (χ1v) is 17.8. The summed E-state index contributed by atoms with van der Waals surface area (Å²) in [6, 6.07) is 14.9. The number of fused-ring (bicyclic) bond motifs is 2. The summed E-state index contributed by atoms with van der Waals surface area (Å²) >= 11 is 2.51. The Kier molecular flexibility index (Phi) is 10.2. The van der Waals surface area contributed by atoms with E-state index >= 15 is 0 Å². The lowest BCUT2D eigenvalue weighted by atomic mass is 10.2. The van der Waals surface area contributed by atoms with Gasteiger partial charge >= 0.3 is 0 Å². The van der Waals surface area contributed by atoms with E-state index in [2.05, 4.69) is 10.6 Å². The summed E-state index contributed by atoms with van der Waals surface area (Å²) in [7, 11) is 0. The average molecular weight is 647 g/mol. The quantitative estimate of drug-likeness (QED) is 0.170. The maximum Gasteiger partial charge on any atom is 0.262 e. The van der Waals surface area contributed by atoms with E-state index in [0.29, 0.717) is 51.6 Å². The van der Waals surface area contributed by atoms with Gasteiger partial charge in [0.1, 0.15) is 0 Å². The predicted molar refractivity (Wildman–Crippen MR) is 179 cm³/mol. The SMILES string of the molecule is O=C(CSc1nc2ccccc2c(=O)n1CCCn1c(SCC(=O)NC2CCCC2)nc2ccccc2c1=O)NC1CCCC1. The zero-order chi connectivity index (χ0) is 31.2. The molecule has 0 spiro atoms. The topological polar surface area (TPSA) is 128 Å². The van der Waals surface area contributed by atoms with Gasteiger partial charge in [-0.2, -0.15) is 0 Å². The molecule has 12 heteroatoms. The van der Waals surface area contributed by atoms with Crippen LogP contribution < -0.4 is 21.8 Å². The highest BCUT2D eigenvalue weighted by Gasteiger charge is 2.20. The van der Waals surface area contributed by atoms with Crippen LogP contribution >= 0.6 is 23.5 Å². The molecule has 2 aliphatic carbocycles. The van der Waals surface area contributed by atoms with Crippen LogP contribution in [0.1, 0.15) is 57.8 Å². The van der Waals surface area contributed by atoms with Crippen molar-refractivity contribution in [2.24, 2.45) is 0 Å². The van der Waals surface area contributed by atoms with E-state index in [-0.39, 0.29) is 46.5 Å². The van der Waals surface area contributed by atoms with Gasteiger partial charge in [0.15, 0.2) is 10.3 Å². The Morgan fingerprint density at radius 3 is 1.49 bits per heavy atom. The normalized spacial score (nSPS) is 15.6. The highest BCUT2D eigenvalue weighted by Crippen LogP contribution is 2.23. The summed E-state index contributed by atoms with van der Waals surface area (Å²) in [6.07, 6.45) is 8.99. The van der Waals surface area contributed by atoms with Crippen molar-refractivity contribution in [3.8, 4) is 0 Å². The first kappa shape index (κ1) is 31.3. The second-order valence-electron chi connectivity index (χ2n) is 11.8. The molecule has 2 aliphatic rings. The number of nitrogens with one attached hydrogen (secondary N) is 2. The molecule has 0 radical (unpaired) electrons. The van der Waals surface area contributed by atoms with Crippen molar-refractivity contribution in [2.45, 2.75) is 93.3 Å². The van der Waals surface area contributed by atoms with Crippen LogP contribution in [0, 0.1) is 0 Å². The highest BCUT2D eigenvalue weighted by molar-refractivity contribution is 8.00. The fourth-order valence-corrected chi connectivity index (χ4v) is 7.91. The molecule has 2 saturated carbocycles. The van der Waals surface area contributed by atoms with Crippen LogP contribution in [0.25, 0.3) is 21.8 Å². The number of carbonyl (C=O) groups is 2. The zero-order valence-corrected chi connectivity index (χ0v) is 26.8. The monoisotopic (exact) mass is 646 g/mol. The number of carbonyl (C=O) groups excluding carboxylic acids is 2. The summed E-state index contributed by atoms with van der Waals surface area (Å²) in [5.41, 5.74) is 0.812. The van der Waals surface area contributed by atoms with Crippen molar-refractivity contribution in [1.82, 2.24) is 29.7 Å². The van der Waals surface area contributed by atoms with E-state index in [1.165, 1.54) is 23.5 Å². The van der Waals surface area contributed by atoms with Crippen molar-refractivity contribution in [3.63, 3.8) is 0 Å². The third kappa shape index (κ3) is 7.61. The molecule has 10 nitrogen and oxygen atoms in total. The number of amides is 2. The predicted octanol–water partition coefficient (Wildman–Crippen LogP) is 4.50. The maximum absolute atomic E-state index is 13.6. The molecule has 2 N–H and O–H groups in total. The Labute approximate surface area is 269 Å². The first-order chi connectivity index (χ1) is 22.0. The van der Waals surface area contributed by atoms with Gasteiger partial charge in [-0.15, -0.1) is 0 Å². The van der Waals surface area contributed by atoms with Crippen LogP contribution in [0.5, 0.6) is 0 Å². The molecule has 45 heavy (non-hydrogen) atoms. The number of aromatic nitrogens is 4. The molecule has 0 atom stereocenters. The van der Waals surface area contributed by atoms with Crippen LogP contribution in [0.3, 0.4) is 0 Å². The molecule has 2 aromatic carbocycles. The van der Waals surface area contributed by atoms with E-state index < -0.39 is 0 Å². The molecule has 0 aliphatic heterocycles. The van der Waals surface area contributed by atoms with Crippen molar-refractivity contribution < 1.29 is 9.59 Å². The molecule has 6 rings (SSSR count). The zero-order valence-electron chi connectivity index (χ0n) is 25.2. The molecule has 2 heterocycles. The minimum atomic E-state index is -0.179. The van der Waals surface area contributed by atoms with Crippen molar-refractivity contribution >= 4 is 57.1 Å². The fourth-order valence-electron chi connectivity index (χ4n) is 6.24. The number of thioether (sulfide) groups is 2. The number of benzene rings is 2. The smallest absolute Gasteiger partial charge is 0.262 e. The lowest BCUT2D eigenvalue weighted by Crippen LogP contribution is -2.34. The average Bonchev–Trinajstić information content (AvgIpc) is 3.76. The van der Waals surface area contributed by atoms with E-state index in [4.69, 9.17) is 9.97 Å². The van der Waals surface area contributed by atoms with Gasteiger partial charge in [-0.1, -0.05) is 73.5 Å². The minimum Gasteiger partial charge on any atom is -0.353 e. The van der Waals surface area contributed by atoms with Crippen LogP contribution in [0.2, 0.25) is 0 Å². The summed E-state index contributed by atoms with van der Waals surface area (Å²) in [4.78, 5) is 62.1. The van der Waals surface area contributed by atoms with Gasteiger partial charge in [0.25, 0.3) is 11.1 Å². The highest BCUT2D eigenvalue weighted by atomic mass is 32.2. The van der Waals surface area contributed by atoms with Gasteiger partial charge in [0.05, 0.1) is 33.3 Å². The number of para-hydroxylation sites is 2. The standard InChI is InChI=1S/C33H38N6O4S2/c40-28(34-22-10-1-2-11-22)20-44-32-36-26-16-7-5-14-24(26)30(42)38(32)18-9-19-39-31(43)25-15-6-8-17-27(25)37-33(39)45-21-29(41)35-23-12-3-4-13-23/h5-8,14-17,22-23H,1-4,9-13,18-21H2,(H,34,40)(H,35,41). The van der Waals surface area contributed by atoms with Gasteiger partial charge < -0.3 is 10.6 Å². The largest absolute Gasteiger partial charge is 0.353 e. The Morgan fingerprint density at radius 1 is 0.667 bits per heavy atom. The van der Waals surface area contributed by atoms with Crippen molar-refractivity contribution in [3.05, 3.63) is 69.2 Å². The number of rotatable bonds is 12. The van der Waals surface area contributed by atoms with Crippen molar-refractivity contribution in [1.29, 1.82) is 0 Å². The molecule has 2 fully saturated rings. The third-order valence-electron chi connectivity index (χ3n) is 8.52. The molecular weight excluding hydrogens is 609 g/mol. The van der Waals surface area contributed by atoms with E-state index in [9.17, 15) is 19.2 Å². The lowest BCUT2D eigenvalue weighted by Gasteiger charge is -2.16. The second-order valence-corrected chi connectivity index (χ2v) is 13.7. The molecule has 0 bridgehead atoms. The van der Waals surface area contributed by atoms with Crippen LogP contribution in [0.15, 0.2) is 68.4 Å². The summed E-state index contributed by atoms with van der Waals surface area (Å²) in [5.74, 6) is 0.208. The number of nitrogens with zero attached hydrogens (tertiary/aromatic N) is 4. The van der Waals surface area contributed by atoms with Crippen molar-refractivity contribution in [2.75, 3.05) is 11.5 Å². The van der Waals surface area contributed by atoms with Gasteiger partial charge in [0, 0.05) is 25.2 Å². The fraction of sp³-hybridized carbons (Fsp3) is 0.455. The lowest BCUT2D eigenvalue weighted by molar-refractivity contribution is -0.120. The van der Waals surface area contributed by atoms with Crippen LogP contribution in [-0.2, 0) is 22.7 Å². The number of hydrogen-bond donors (Lipinski definition) is 2. The van der Waals surface area contributed by atoms with E-state index in [0.717, 1.165) is 51.4 Å². The molecular formula is C33H38N6O4S2. The summed E-state index contributed by atoms with van der Waals surface area (Å²) < 4.78 is 3.22. The molecule has 2 aromatic heterocycles. The maximum atomic E-state index is 13.6. The summed E-state index contributed by atoms with van der Waals surface area (Å²) in [6.45, 7) is 0.601. The summed E-state index contributed by atoms with van der Waals surface area (Å²) in [5, 5.41) is 8.16. The Morgan fingerprint density at radius 2 is 1.07 bits per heavy atom. The minimum absolute atomic E-state index is 0.0618. The van der Waals surface area contributed by atoms with Crippen LogP contribution in [0.4, 0.5) is 0 Å². The van der Waals surface area contributed by atoms with E-state index in [1.54, 1.807) is 33.4 Å². The first-order valence-electron chi connectivity index (χ1n) is 15.8. The van der Waals surface area contributed by atoms with Gasteiger partial charge in [0.2, 0.25) is 11.8 Å². The Bertz CT molecular complexity index is 1680. The van der Waals surface area contributed by atoms with Gasteiger partial charge in [-0.05, 0) is 56.4 Å². The molecule has 2 amide bonds. The third-order valence-corrected chi connectivity index (χ3v) is 10.5. The molecule has 0 saturated heterocycles.